The molecule has 0 atom stereocenters. The predicted molar refractivity (Wildman–Crippen MR) is 86.0 cm³/mol. The largest absolute Gasteiger partial charge is 0.507 e. The van der Waals surface area contributed by atoms with Crippen LogP contribution in [0.2, 0.25) is 0 Å². The van der Waals surface area contributed by atoms with Gasteiger partial charge in [-0.15, -0.1) is 0 Å². The lowest BCUT2D eigenvalue weighted by Gasteiger charge is -2.28. The Kier molecular flexibility index (Phi) is 5.22. The SMILES string of the molecule is CC(C)(C)c1cc(CCCNN)cc(C(C)(C)C)c1O. The highest BCUT2D eigenvalue weighted by atomic mass is 16.3. The maximum atomic E-state index is 10.6. The quantitative estimate of drug-likeness (QED) is 0.449. The van der Waals surface area contributed by atoms with Crippen molar-refractivity contribution in [1.82, 2.24) is 5.43 Å². The van der Waals surface area contributed by atoms with Crippen molar-refractivity contribution in [1.29, 1.82) is 0 Å². The third-order valence-electron chi connectivity index (χ3n) is 3.57. The Morgan fingerprint density at radius 1 is 1.00 bits per heavy atom. The highest BCUT2D eigenvalue weighted by molar-refractivity contribution is 5.49. The molecule has 3 nitrogen and oxygen atoms in total. The Balaban J connectivity index is 3.28. The van der Waals surface area contributed by atoms with E-state index in [-0.39, 0.29) is 10.8 Å². The predicted octanol–water partition coefficient (Wildman–Crippen LogP) is 3.38. The standard InChI is InChI=1S/C17H30N2O/c1-16(2,3)13-10-12(8-7-9-19-18)11-14(15(13)20)17(4,5)6/h10-11,19-20H,7-9,18H2,1-6H3. The van der Waals surface area contributed by atoms with Gasteiger partial charge in [0.15, 0.2) is 0 Å². The average molecular weight is 278 g/mol. The summed E-state index contributed by atoms with van der Waals surface area (Å²) in [5.74, 6) is 5.77. The Morgan fingerprint density at radius 2 is 1.45 bits per heavy atom. The van der Waals surface area contributed by atoms with Gasteiger partial charge in [-0.2, -0.15) is 0 Å². The zero-order valence-corrected chi connectivity index (χ0v) is 13.8. The van der Waals surface area contributed by atoms with Crippen molar-refractivity contribution in [2.75, 3.05) is 6.54 Å². The van der Waals surface area contributed by atoms with E-state index >= 15 is 0 Å². The molecule has 0 fully saturated rings. The first-order valence-corrected chi connectivity index (χ1v) is 7.37. The average Bonchev–Trinajstić information content (AvgIpc) is 2.28. The molecule has 114 valence electrons. The second kappa shape index (κ2) is 6.15. The number of hydrogen-bond donors (Lipinski definition) is 3. The summed E-state index contributed by atoms with van der Waals surface area (Å²) in [7, 11) is 0. The molecule has 4 N–H and O–H groups in total. The molecule has 3 heteroatoms. The van der Waals surface area contributed by atoms with E-state index in [1.165, 1.54) is 5.56 Å². The summed E-state index contributed by atoms with van der Waals surface area (Å²) in [6.07, 6.45) is 1.96. The van der Waals surface area contributed by atoms with Crippen molar-refractivity contribution < 1.29 is 5.11 Å². The van der Waals surface area contributed by atoms with Gasteiger partial charge in [-0.3, -0.25) is 11.3 Å². The zero-order valence-electron chi connectivity index (χ0n) is 13.8. The normalized spacial score (nSPS) is 12.8. The molecule has 0 radical (unpaired) electrons. The van der Waals surface area contributed by atoms with E-state index in [1.54, 1.807) is 0 Å². The van der Waals surface area contributed by atoms with Crippen molar-refractivity contribution in [3.8, 4) is 5.75 Å². The number of aryl methyl sites for hydroxylation is 1. The smallest absolute Gasteiger partial charge is 0.123 e. The van der Waals surface area contributed by atoms with Gasteiger partial charge in [0.1, 0.15) is 5.75 Å². The van der Waals surface area contributed by atoms with Crippen LogP contribution in [0.25, 0.3) is 0 Å². The van der Waals surface area contributed by atoms with Crippen molar-refractivity contribution in [2.45, 2.75) is 65.2 Å². The van der Waals surface area contributed by atoms with Crippen LogP contribution in [-0.2, 0) is 17.3 Å². The summed E-state index contributed by atoms with van der Waals surface area (Å²) < 4.78 is 0. The highest BCUT2D eigenvalue weighted by Gasteiger charge is 2.26. The fraction of sp³-hybridized carbons (Fsp3) is 0.647. The van der Waals surface area contributed by atoms with Crippen LogP contribution < -0.4 is 11.3 Å². The number of benzene rings is 1. The molecule has 0 bridgehead atoms. The van der Waals surface area contributed by atoms with Crippen LogP contribution >= 0.6 is 0 Å². The van der Waals surface area contributed by atoms with Crippen LogP contribution in [0.5, 0.6) is 5.75 Å². The van der Waals surface area contributed by atoms with E-state index in [2.05, 4.69) is 59.1 Å². The van der Waals surface area contributed by atoms with Crippen molar-refractivity contribution in [3.05, 3.63) is 28.8 Å². The fourth-order valence-corrected chi connectivity index (χ4v) is 2.38. The summed E-state index contributed by atoms with van der Waals surface area (Å²) in [5, 5.41) is 10.6. The molecule has 0 saturated carbocycles. The number of rotatable bonds is 4. The third kappa shape index (κ3) is 4.22. The minimum atomic E-state index is -0.0633. The monoisotopic (exact) mass is 278 g/mol. The fourth-order valence-electron chi connectivity index (χ4n) is 2.38. The van der Waals surface area contributed by atoms with E-state index in [9.17, 15) is 5.11 Å². The van der Waals surface area contributed by atoms with Gasteiger partial charge in [0.05, 0.1) is 0 Å². The zero-order chi connectivity index (χ0) is 15.6. The number of aromatic hydroxyl groups is 1. The molecular formula is C17H30N2O. The lowest BCUT2D eigenvalue weighted by Crippen LogP contribution is -2.23. The highest BCUT2D eigenvalue weighted by Crippen LogP contribution is 2.39. The van der Waals surface area contributed by atoms with Gasteiger partial charge in [-0.25, -0.2) is 0 Å². The van der Waals surface area contributed by atoms with Crippen LogP contribution in [0.4, 0.5) is 0 Å². The topological polar surface area (TPSA) is 58.3 Å². The summed E-state index contributed by atoms with van der Waals surface area (Å²) >= 11 is 0. The molecule has 1 rings (SSSR count). The van der Waals surface area contributed by atoms with E-state index in [4.69, 9.17) is 5.84 Å². The number of nitrogens with two attached hydrogens (primary N) is 1. The molecule has 0 spiro atoms. The lowest BCUT2D eigenvalue weighted by molar-refractivity contribution is 0.422. The molecule has 0 aliphatic rings. The van der Waals surface area contributed by atoms with Crippen molar-refractivity contribution in [2.24, 2.45) is 5.84 Å². The number of phenolic OH excluding ortho intramolecular Hbond substituents is 1. The molecule has 20 heavy (non-hydrogen) atoms. The van der Waals surface area contributed by atoms with Gasteiger partial charge in [0.2, 0.25) is 0 Å². The first-order valence-electron chi connectivity index (χ1n) is 7.37. The molecular weight excluding hydrogens is 248 g/mol. The van der Waals surface area contributed by atoms with Crippen LogP contribution in [0, 0.1) is 0 Å². The molecule has 0 amide bonds. The summed E-state index contributed by atoms with van der Waals surface area (Å²) in [6.45, 7) is 13.6. The van der Waals surface area contributed by atoms with E-state index in [0.717, 1.165) is 30.5 Å². The van der Waals surface area contributed by atoms with E-state index in [0.29, 0.717) is 5.75 Å². The van der Waals surface area contributed by atoms with Crippen molar-refractivity contribution in [3.63, 3.8) is 0 Å². The number of hydrogen-bond acceptors (Lipinski definition) is 3. The Labute approximate surface area is 123 Å². The van der Waals surface area contributed by atoms with Crippen LogP contribution in [0.1, 0.15) is 64.7 Å². The first-order chi connectivity index (χ1) is 9.07. The Bertz CT molecular complexity index is 418. The molecule has 0 aliphatic carbocycles. The molecule has 0 unspecified atom stereocenters. The van der Waals surface area contributed by atoms with Gasteiger partial charge in [-0.1, -0.05) is 53.7 Å². The van der Waals surface area contributed by atoms with Crippen molar-refractivity contribution >= 4 is 0 Å². The molecule has 0 aromatic heterocycles. The van der Waals surface area contributed by atoms with Gasteiger partial charge in [0, 0.05) is 6.54 Å². The molecule has 1 aromatic carbocycles. The van der Waals surface area contributed by atoms with Gasteiger partial charge >= 0.3 is 0 Å². The van der Waals surface area contributed by atoms with Crippen LogP contribution in [0.3, 0.4) is 0 Å². The first kappa shape index (κ1) is 17.0. The molecule has 0 aliphatic heterocycles. The van der Waals surface area contributed by atoms with Gasteiger partial charge in [0.25, 0.3) is 0 Å². The molecule has 0 heterocycles. The minimum Gasteiger partial charge on any atom is -0.507 e. The second-order valence-corrected chi connectivity index (χ2v) is 7.60. The third-order valence-corrected chi connectivity index (χ3v) is 3.57. The van der Waals surface area contributed by atoms with Crippen LogP contribution in [-0.4, -0.2) is 11.7 Å². The Hall–Kier alpha value is -1.06. The maximum Gasteiger partial charge on any atom is 0.123 e. The number of phenols is 1. The molecule has 0 saturated heterocycles. The summed E-state index contributed by atoms with van der Waals surface area (Å²) in [6, 6.07) is 4.28. The van der Waals surface area contributed by atoms with E-state index in [1.807, 2.05) is 0 Å². The molecule has 1 aromatic rings. The second-order valence-electron chi connectivity index (χ2n) is 7.60. The summed E-state index contributed by atoms with van der Waals surface area (Å²) in [5.41, 5.74) is 5.89. The van der Waals surface area contributed by atoms with Gasteiger partial charge < -0.3 is 5.11 Å². The number of nitrogens with one attached hydrogen (secondary N) is 1. The summed E-state index contributed by atoms with van der Waals surface area (Å²) in [4.78, 5) is 0. The maximum absolute atomic E-state index is 10.6. The number of hydrazine groups is 1. The Morgan fingerprint density at radius 3 is 1.80 bits per heavy atom. The lowest BCUT2D eigenvalue weighted by atomic mass is 9.78. The minimum absolute atomic E-state index is 0.0633. The van der Waals surface area contributed by atoms with Crippen LogP contribution in [0.15, 0.2) is 12.1 Å². The van der Waals surface area contributed by atoms with Gasteiger partial charge in [-0.05, 0) is 40.4 Å². The van der Waals surface area contributed by atoms with E-state index < -0.39 is 0 Å².